The number of hydrogen-bond acceptors (Lipinski definition) is 4. The first-order valence-corrected chi connectivity index (χ1v) is 6.53. The van der Waals surface area contributed by atoms with Crippen molar-refractivity contribution >= 4 is 15.7 Å². The van der Waals surface area contributed by atoms with Crippen molar-refractivity contribution in [2.75, 3.05) is 19.4 Å². The van der Waals surface area contributed by atoms with Gasteiger partial charge in [-0.25, -0.2) is 8.42 Å². The Morgan fingerprint density at radius 3 is 2.31 bits per heavy atom. The van der Waals surface area contributed by atoms with E-state index in [-0.39, 0.29) is 24.0 Å². The Labute approximate surface area is 94.0 Å². The van der Waals surface area contributed by atoms with Crippen LogP contribution in [0.25, 0.3) is 0 Å². The zero-order valence-electron chi connectivity index (χ0n) is 8.80. The third-order valence-corrected chi connectivity index (χ3v) is 3.07. The lowest BCUT2D eigenvalue weighted by molar-refractivity contribution is 0.0944. The molecule has 0 aliphatic heterocycles. The van der Waals surface area contributed by atoms with Crippen molar-refractivity contribution < 1.29 is 18.3 Å². The molecule has 0 saturated carbocycles. The molecule has 0 unspecified atom stereocenters. The number of aliphatic hydroxyl groups excluding tert-OH is 1. The van der Waals surface area contributed by atoms with E-state index in [0.717, 1.165) is 6.26 Å². The minimum absolute atomic E-state index is 0.132. The van der Waals surface area contributed by atoms with Crippen molar-refractivity contribution in [2.45, 2.75) is 4.90 Å². The molecule has 5 nitrogen and oxygen atoms in total. The lowest BCUT2D eigenvalue weighted by atomic mass is 10.2. The van der Waals surface area contributed by atoms with E-state index in [1.54, 1.807) is 0 Å². The van der Waals surface area contributed by atoms with E-state index in [0.29, 0.717) is 5.56 Å². The van der Waals surface area contributed by atoms with Gasteiger partial charge < -0.3 is 10.4 Å². The van der Waals surface area contributed by atoms with Gasteiger partial charge in [0.25, 0.3) is 5.91 Å². The lowest BCUT2D eigenvalue weighted by Gasteiger charge is -2.03. The van der Waals surface area contributed by atoms with Crippen LogP contribution in [0.2, 0.25) is 0 Å². The van der Waals surface area contributed by atoms with Gasteiger partial charge in [0.2, 0.25) is 0 Å². The van der Waals surface area contributed by atoms with Gasteiger partial charge in [-0.3, -0.25) is 4.79 Å². The van der Waals surface area contributed by atoms with Crippen LogP contribution in [0.1, 0.15) is 10.4 Å². The second-order valence-corrected chi connectivity index (χ2v) is 5.29. The number of benzene rings is 1. The molecular formula is C10H13NO4S. The molecule has 0 bridgehead atoms. The van der Waals surface area contributed by atoms with Crippen molar-refractivity contribution in [3.8, 4) is 0 Å². The summed E-state index contributed by atoms with van der Waals surface area (Å²) in [7, 11) is -3.23. The van der Waals surface area contributed by atoms with Gasteiger partial charge in [-0.2, -0.15) is 0 Å². The highest BCUT2D eigenvalue weighted by atomic mass is 32.2. The highest BCUT2D eigenvalue weighted by Gasteiger charge is 2.09. The molecular weight excluding hydrogens is 230 g/mol. The molecule has 1 rings (SSSR count). The normalized spacial score (nSPS) is 11.1. The average molecular weight is 243 g/mol. The summed E-state index contributed by atoms with van der Waals surface area (Å²) in [5.41, 5.74) is 0.362. The minimum atomic E-state index is -3.23. The third-order valence-electron chi connectivity index (χ3n) is 1.94. The number of carbonyl (C=O) groups is 1. The van der Waals surface area contributed by atoms with E-state index in [4.69, 9.17) is 5.11 Å². The monoisotopic (exact) mass is 243 g/mol. The van der Waals surface area contributed by atoms with Crippen LogP contribution < -0.4 is 5.32 Å². The van der Waals surface area contributed by atoms with Crippen LogP contribution in [0.3, 0.4) is 0 Å². The van der Waals surface area contributed by atoms with Crippen LogP contribution in [0.4, 0.5) is 0 Å². The Kier molecular flexibility index (Phi) is 4.03. The summed E-state index contributed by atoms with van der Waals surface area (Å²) < 4.78 is 22.3. The minimum Gasteiger partial charge on any atom is -0.395 e. The molecule has 0 atom stereocenters. The van der Waals surface area contributed by atoms with E-state index >= 15 is 0 Å². The molecule has 0 fully saturated rings. The molecule has 0 radical (unpaired) electrons. The quantitative estimate of drug-likeness (QED) is 0.768. The molecule has 0 saturated heterocycles. The van der Waals surface area contributed by atoms with Crippen LogP contribution in [0.5, 0.6) is 0 Å². The number of hydrogen-bond donors (Lipinski definition) is 2. The van der Waals surface area contributed by atoms with E-state index in [9.17, 15) is 13.2 Å². The first kappa shape index (κ1) is 12.7. The summed E-state index contributed by atoms with van der Waals surface area (Å²) in [6, 6.07) is 5.62. The maximum absolute atomic E-state index is 11.4. The molecule has 1 aromatic carbocycles. The number of rotatable bonds is 4. The summed E-state index contributed by atoms with van der Waals surface area (Å²) in [5, 5.41) is 11.0. The number of sulfone groups is 1. The molecule has 6 heteroatoms. The van der Waals surface area contributed by atoms with Gasteiger partial charge in [0.1, 0.15) is 0 Å². The molecule has 1 aromatic rings. The van der Waals surface area contributed by atoms with Crippen LogP contribution >= 0.6 is 0 Å². The molecule has 0 aliphatic rings. The molecule has 88 valence electrons. The topological polar surface area (TPSA) is 83.5 Å². The molecule has 2 N–H and O–H groups in total. The standard InChI is InChI=1S/C10H13NO4S/c1-16(14,15)9-4-2-8(3-5-9)10(13)11-6-7-12/h2-5,12H,6-7H2,1H3,(H,11,13). The second-order valence-electron chi connectivity index (χ2n) is 3.28. The first-order chi connectivity index (χ1) is 7.45. The summed E-state index contributed by atoms with van der Waals surface area (Å²) in [6.07, 6.45) is 1.10. The Morgan fingerprint density at radius 2 is 1.88 bits per heavy atom. The van der Waals surface area contributed by atoms with E-state index in [1.807, 2.05) is 0 Å². The summed E-state index contributed by atoms with van der Waals surface area (Å²) in [5.74, 6) is -0.339. The summed E-state index contributed by atoms with van der Waals surface area (Å²) in [6.45, 7) is 0.0415. The number of carbonyl (C=O) groups excluding carboxylic acids is 1. The number of amides is 1. The van der Waals surface area contributed by atoms with Crippen LogP contribution in [0.15, 0.2) is 29.2 Å². The number of nitrogens with one attached hydrogen (secondary N) is 1. The Hall–Kier alpha value is -1.40. The fraction of sp³-hybridized carbons (Fsp3) is 0.300. The predicted octanol–water partition coefficient (Wildman–Crippen LogP) is -0.188. The molecule has 0 aromatic heterocycles. The molecule has 0 spiro atoms. The van der Waals surface area contributed by atoms with Gasteiger partial charge in [0.05, 0.1) is 11.5 Å². The van der Waals surface area contributed by atoms with E-state index in [1.165, 1.54) is 24.3 Å². The van der Waals surface area contributed by atoms with Crippen molar-refractivity contribution in [1.29, 1.82) is 0 Å². The summed E-state index contributed by atoms with van der Waals surface area (Å²) in [4.78, 5) is 11.6. The fourth-order valence-electron chi connectivity index (χ4n) is 1.12. The Bertz CT molecular complexity index is 464. The zero-order chi connectivity index (χ0) is 12.2. The molecule has 0 aliphatic carbocycles. The van der Waals surface area contributed by atoms with Gasteiger partial charge in [-0.05, 0) is 24.3 Å². The van der Waals surface area contributed by atoms with Crippen LogP contribution in [-0.2, 0) is 9.84 Å². The maximum Gasteiger partial charge on any atom is 0.251 e. The van der Waals surface area contributed by atoms with Gasteiger partial charge in [-0.1, -0.05) is 0 Å². The fourth-order valence-corrected chi connectivity index (χ4v) is 1.76. The highest BCUT2D eigenvalue weighted by Crippen LogP contribution is 2.10. The van der Waals surface area contributed by atoms with E-state index in [2.05, 4.69) is 5.32 Å². The van der Waals surface area contributed by atoms with E-state index < -0.39 is 9.84 Å². The van der Waals surface area contributed by atoms with Gasteiger partial charge in [-0.15, -0.1) is 0 Å². The highest BCUT2D eigenvalue weighted by molar-refractivity contribution is 7.90. The van der Waals surface area contributed by atoms with Crippen LogP contribution in [0, 0.1) is 0 Å². The van der Waals surface area contributed by atoms with Gasteiger partial charge in [0.15, 0.2) is 9.84 Å². The third kappa shape index (κ3) is 3.32. The Balaban J connectivity index is 2.83. The van der Waals surface area contributed by atoms with Crippen LogP contribution in [-0.4, -0.2) is 38.8 Å². The first-order valence-electron chi connectivity index (χ1n) is 4.64. The van der Waals surface area contributed by atoms with Crippen molar-refractivity contribution in [3.05, 3.63) is 29.8 Å². The van der Waals surface area contributed by atoms with Gasteiger partial charge in [0, 0.05) is 18.4 Å². The Morgan fingerprint density at radius 1 is 1.31 bits per heavy atom. The predicted molar refractivity (Wildman–Crippen MR) is 59.0 cm³/mol. The summed E-state index contributed by atoms with van der Waals surface area (Å²) >= 11 is 0. The average Bonchev–Trinajstić information content (AvgIpc) is 2.25. The van der Waals surface area contributed by atoms with Crippen molar-refractivity contribution in [2.24, 2.45) is 0 Å². The molecule has 0 heterocycles. The van der Waals surface area contributed by atoms with Crippen molar-refractivity contribution in [3.63, 3.8) is 0 Å². The smallest absolute Gasteiger partial charge is 0.251 e. The van der Waals surface area contributed by atoms with Crippen molar-refractivity contribution in [1.82, 2.24) is 5.32 Å². The molecule has 16 heavy (non-hydrogen) atoms. The SMILES string of the molecule is CS(=O)(=O)c1ccc(C(=O)NCCO)cc1. The number of aliphatic hydroxyl groups is 1. The van der Waals surface area contributed by atoms with Gasteiger partial charge >= 0.3 is 0 Å². The lowest BCUT2D eigenvalue weighted by Crippen LogP contribution is -2.26. The maximum atomic E-state index is 11.4. The zero-order valence-corrected chi connectivity index (χ0v) is 9.62. The second kappa shape index (κ2) is 5.09. The largest absolute Gasteiger partial charge is 0.395 e. The molecule has 1 amide bonds.